The van der Waals surface area contributed by atoms with E-state index in [4.69, 9.17) is 4.74 Å². The largest absolute Gasteiger partial charge is 0.444 e. The topological polar surface area (TPSA) is 71.5 Å². The maximum Gasteiger partial charge on any atom is 0.413 e. The van der Waals surface area contributed by atoms with Crippen LogP contribution in [0, 0.1) is 0 Å². The second-order valence-corrected chi connectivity index (χ2v) is 6.25. The van der Waals surface area contributed by atoms with Gasteiger partial charge in [-0.25, -0.2) is 9.78 Å². The van der Waals surface area contributed by atoms with Gasteiger partial charge in [-0.1, -0.05) is 11.3 Å². The molecule has 6 heteroatoms. The van der Waals surface area contributed by atoms with Gasteiger partial charge in [-0.3, -0.25) is 5.32 Å². The molecule has 0 aromatic carbocycles. The minimum absolute atomic E-state index is 0.413. The Hall–Kier alpha value is -1.14. The van der Waals surface area contributed by atoms with Crippen LogP contribution in [-0.2, 0) is 10.3 Å². The Morgan fingerprint density at radius 2 is 2.00 bits per heavy atom. The van der Waals surface area contributed by atoms with E-state index >= 15 is 0 Å². The van der Waals surface area contributed by atoms with Gasteiger partial charge in [0.15, 0.2) is 5.13 Å². The summed E-state index contributed by atoms with van der Waals surface area (Å²) in [4.78, 5) is 16.1. The predicted molar refractivity (Wildman–Crippen MR) is 67.2 cm³/mol. The van der Waals surface area contributed by atoms with Crippen LogP contribution >= 0.6 is 11.3 Å². The lowest BCUT2D eigenvalue weighted by Crippen LogP contribution is -2.27. The highest BCUT2D eigenvalue weighted by Gasteiger charge is 2.21. The summed E-state index contributed by atoms with van der Waals surface area (Å²) in [5.74, 6) is 0. The second kappa shape index (κ2) is 4.62. The fourth-order valence-corrected chi connectivity index (χ4v) is 1.81. The van der Waals surface area contributed by atoms with Crippen LogP contribution in [0.15, 0.2) is 6.20 Å². The highest BCUT2D eigenvalue weighted by atomic mass is 32.1. The number of amides is 1. The lowest BCUT2D eigenvalue weighted by molar-refractivity contribution is 0.0635. The molecular formula is C11H18N2O3S. The molecule has 0 aliphatic heterocycles. The number of carbonyl (C=O) groups excluding carboxylic acids is 1. The summed E-state index contributed by atoms with van der Waals surface area (Å²) in [5.41, 5.74) is -1.49. The quantitative estimate of drug-likeness (QED) is 0.855. The van der Waals surface area contributed by atoms with Crippen LogP contribution < -0.4 is 5.32 Å². The first-order valence-electron chi connectivity index (χ1n) is 5.26. The van der Waals surface area contributed by atoms with Crippen molar-refractivity contribution in [3.63, 3.8) is 0 Å². The van der Waals surface area contributed by atoms with E-state index in [-0.39, 0.29) is 0 Å². The Morgan fingerprint density at radius 3 is 2.41 bits per heavy atom. The van der Waals surface area contributed by atoms with Crippen molar-refractivity contribution in [1.29, 1.82) is 0 Å². The molecule has 0 saturated carbocycles. The Bertz CT molecular complexity index is 402. The molecule has 0 saturated heterocycles. The molecular weight excluding hydrogens is 240 g/mol. The molecule has 1 aromatic heterocycles. The number of rotatable bonds is 2. The number of hydrogen-bond acceptors (Lipinski definition) is 5. The van der Waals surface area contributed by atoms with E-state index in [2.05, 4.69) is 10.3 Å². The van der Waals surface area contributed by atoms with Crippen LogP contribution in [0.5, 0.6) is 0 Å². The van der Waals surface area contributed by atoms with Crippen LogP contribution in [0.4, 0.5) is 9.93 Å². The average molecular weight is 258 g/mol. The smallest absolute Gasteiger partial charge is 0.413 e. The molecule has 1 heterocycles. The fourth-order valence-electron chi connectivity index (χ4n) is 1.01. The molecule has 0 spiro atoms. The molecule has 1 rings (SSSR count). The summed E-state index contributed by atoms with van der Waals surface area (Å²) in [7, 11) is 0. The standard InChI is InChI=1S/C11H18N2O3S/c1-10(2,3)16-9(14)13-8-12-6-7(17-8)11(4,5)15/h6,15H,1-5H3,(H,12,13,14). The van der Waals surface area contributed by atoms with E-state index < -0.39 is 17.3 Å². The lowest BCUT2D eigenvalue weighted by atomic mass is 10.1. The monoisotopic (exact) mass is 258 g/mol. The van der Waals surface area contributed by atoms with Crippen LogP contribution in [-0.4, -0.2) is 21.8 Å². The third-order valence-corrected chi connectivity index (χ3v) is 2.94. The van der Waals surface area contributed by atoms with Gasteiger partial charge in [0.25, 0.3) is 0 Å². The Balaban J connectivity index is 2.65. The summed E-state index contributed by atoms with van der Waals surface area (Å²) in [6, 6.07) is 0. The molecule has 0 fully saturated rings. The van der Waals surface area contributed by atoms with E-state index in [0.717, 1.165) is 0 Å². The summed E-state index contributed by atoms with van der Waals surface area (Å²) in [5, 5.41) is 12.7. The van der Waals surface area contributed by atoms with Crippen molar-refractivity contribution < 1.29 is 14.6 Å². The number of ether oxygens (including phenoxy) is 1. The molecule has 17 heavy (non-hydrogen) atoms. The van der Waals surface area contributed by atoms with Gasteiger partial charge in [-0.05, 0) is 34.6 Å². The highest BCUT2D eigenvalue weighted by molar-refractivity contribution is 7.15. The molecule has 1 aromatic rings. The first-order valence-corrected chi connectivity index (χ1v) is 6.08. The van der Waals surface area contributed by atoms with Gasteiger partial charge < -0.3 is 9.84 Å². The zero-order valence-corrected chi connectivity index (χ0v) is 11.5. The Labute approximate surface area is 105 Å². The van der Waals surface area contributed by atoms with Crippen molar-refractivity contribution in [1.82, 2.24) is 4.98 Å². The molecule has 0 atom stereocenters. The molecule has 0 radical (unpaired) electrons. The molecule has 0 aliphatic rings. The van der Waals surface area contributed by atoms with Crippen LogP contribution in [0.3, 0.4) is 0 Å². The number of aromatic nitrogens is 1. The number of aliphatic hydroxyl groups is 1. The second-order valence-electron chi connectivity index (χ2n) is 5.22. The van der Waals surface area contributed by atoms with Crippen molar-refractivity contribution >= 4 is 22.6 Å². The zero-order valence-electron chi connectivity index (χ0n) is 10.7. The molecule has 0 bridgehead atoms. The highest BCUT2D eigenvalue weighted by Crippen LogP contribution is 2.28. The zero-order chi connectivity index (χ0) is 13.3. The van der Waals surface area contributed by atoms with Gasteiger partial charge in [0.1, 0.15) is 5.60 Å². The van der Waals surface area contributed by atoms with Crippen molar-refractivity contribution in [3.8, 4) is 0 Å². The van der Waals surface area contributed by atoms with Gasteiger partial charge in [0.05, 0.1) is 10.5 Å². The third-order valence-electron chi connectivity index (χ3n) is 1.72. The van der Waals surface area contributed by atoms with Crippen molar-refractivity contribution in [2.24, 2.45) is 0 Å². The molecule has 0 aliphatic carbocycles. The molecule has 1 amide bonds. The summed E-state index contributed by atoms with van der Waals surface area (Å²) >= 11 is 1.22. The van der Waals surface area contributed by atoms with Crippen molar-refractivity contribution in [3.05, 3.63) is 11.1 Å². The van der Waals surface area contributed by atoms with E-state index in [9.17, 15) is 9.90 Å². The molecule has 96 valence electrons. The van der Waals surface area contributed by atoms with Crippen molar-refractivity contribution in [2.45, 2.75) is 45.8 Å². The SMILES string of the molecule is CC(C)(C)OC(=O)Nc1ncc(C(C)(C)O)s1. The van der Waals surface area contributed by atoms with E-state index in [1.807, 2.05) is 0 Å². The Morgan fingerprint density at radius 1 is 1.41 bits per heavy atom. The van der Waals surface area contributed by atoms with E-state index in [1.54, 1.807) is 34.6 Å². The number of nitrogens with one attached hydrogen (secondary N) is 1. The number of anilines is 1. The molecule has 0 unspecified atom stereocenters. The summed E-state index contributed by atoms with van der Waals surface area (Å²) < 4.78 is 5.09. The lowest BCUT2D eigenvalue weighted by Gasteiger charge is -2.19. The average Bonchev–Trinajstić information content (AvgIpc) is 2.47. The Kier molecular flexibility index (Phi) is 3.78. The third kappa shape index (κ3) is 4.70. The van der Waals surface area contributed by atoms with Gasteiger partial charge in [-0.15, -0.1) is 0 Å². The molecule has 2 N–H and O–H groups in total. The first kappa shape index (κ1) is 13.9. The minimum atomic E-state index is -0.953. The van der Waals surface area contributed by atoms with Gasteiger partial charge >= 0.3 is 6.09 Å². The number of thiazole rings is 1. The maximum atomic E-state index is 11.5. The predicted octanol–water partition coefficient (Wildman–Crippen LogP) is 2.72. The summed E-state index contributed by atoms with van der Waals surface area (Å²) in [6.07, 6.45) is 0.992. The molecule has 5 nitrogen and oxygen atoms in total. The van der Waals surface area contributed by atoms with Crippen LogP contribution in [0.25, 0.3) is 0 Å². The van der Waals surface area contributed by atoms with Crippen molar-refractivity contribution in [2.75, 3.05) is 5.32 Å². The van der Waals surface area contributed by atoms with E-state index in [1.165, 1.54) is 17.5 Å². The number of nitrogens with zero attached hydrogens (tertiary/aromatic N) is 1. The first-order chi connectivity index (χ1) is 7.58. The number of carbonyl (C=O) groups is 1. The fraction of sp³-hybridized carbons (Fsp3) is 0.636. The van der Waals surface area contributed by atoms with Crippen LogP contribution in [0.1, 0.15) is 39.5 Å². The number of hydrogen-bond donors (Lipinski definition) is 2. The van der Waals surface area contributed by atoms with Gasteiger partial charge in [0.2, 0.25) is 0 Å². The van der Waals surface area contributed by atoms with Crippen LogP contribution in [0.2, 0.25) is 0 Å². The normalized spacial score (nSPS) is 12.4. The van der Waals surface area contributed by atoms with Gasteiger partial charge in [-0.2, -0.15) is 0 Å². The van der Waals surface area contributed by atoms with Gasteiger partial charge in [0, 0.05) is 6.20 Å². The maximum absolute atomic E-state index is 11.5. The minimum Gasteiger partial charge on any atom is -0.444 e. The summed E-state index contributed by atoms with van der Waals surface area (Å²) in [6.45, 7) is 8.69. The van der Waals surface area contributed by atoms with E-state index in [0.29, 0.717) is 10.0 Å².